The molecule has 0 bridgehead atoms. The molecule has 1 fully saturated rings. The number of carbonyl (C=O) groups excluding carboxylic acids is 1. The van der Waals surface area contributed by atoms with E-state index in [1.807, 2.05) is 0 Å². The number of aryl methyl sites for hydroxylation is 1. The Balaban J connectivity index is 1.78. The van der Waals surface area contributed by atoms with Gasteiger partial charge in [0.15, 0.2) is 0 Å². The van der Waals surface area contributed by atoms with Gasteiger partial charge in [0.1, 0.15) is 5.75 Å². The number of nitrogens with one attached hydrogen (secondary N) is 2. The van der Waals surface area contributed by atoms with Crippen LogP contribution in [0.5, 0.6) is 5.75 Å². The molecule has 0 aromatic heterocycles. The van der Waals surface area contributed by atoms with Crippen molar-refractivity contribution in [2.24, 2.45) is 0 Å². The number of carbonyl (C=O) groups is 1. The van der Waals surface area contributed by atoms with E-state index in [0.29, 0.717) is 31.1 Å². The SMILES string of the molecule is COc1ccc(S(=O)(=O)NCC(=O)NCCN2CCOCC2)cc1C. The third-order valence-corrected chi connectivity index (χ3v) is 5.35. The van der Waals surface area contributed by atoms with Crippen LogP contribution in [0.2, 0.25) is 0 Å². The highest BCUT2D eigenvalue weighted by Crippen LogP contribution is 2.21. The van der Waals surface area contributed by atoms with E-state index in [9.17, 15) is 13.2 Å². The molecule has 9 heteroatoms. The molecule has 1 amide bonds. The number of morpholine rings is 1. The van der Waals surface area contributed by atoms with Gasteiger partial charge >= 0.3 is 0 Å². The molecule has 0 radical (unpaired) electrons. The monoisotopic (exact) mass is 371 g/mol. The Morgan fingerprint density at radius 2 is 2.04 bits per heavy atom. The van der Waals surface area contributed by atoms with Crippen molar-refractivity contribution in [1.29, 1.82) is 0 Å². The number of amides is 1. The van der Waals surface area contributed by atoms with Crippen LogP contribution in [-0.2, 0) is 19.6 Å². The van der Waals surface area contributed by atoms with Crippen molar-refractivity contribution in [2.75, 3.05) is 53.0 Å². The Bertz CT molecular complexity index is 687. The molecule has 1 aromatic rings. The zero-order valence-electron chi connectivity index (χ0n) is 14.6. The van der Waals surface area contributed by atoms with Gasteiger partial charge in [0, 0.05) is 26.2 Å². The van der Waals surface area contributed by atoms with Gasteiger partial charge in [-0.3, -0.25) is 9.69 Å². The van der Waals surface area contributed by atoms with E-state index in [-0.39, 0.29) is 17.3 Å². The van der Waals surface area contributed by atoms with E-state index < -0.39 is 10.0 Å². The lowest BCUT2D eigenvalue weighted by Gasteiger charge is -2.26. The van der Waals surface area contributed by atoms with E-state index in [4.69, 9.17) is 9.47 Å². The lowest BCUT2D eigenvalue weighted by atomic mass is 10.2. The van der Waals surface area contributed by atoms with Crippen molar-refractivity contribution in [3.8, 4) is 5.75 Å². The lowest BCUT2D eigenvalue weighted by molar-refractivity contribution is -0.120. The highest BCUT2D eigenvalue weighted by molar-refractivity contribution is 7.89. The van der Waals surface area contributed by atoms with Crippen LogP contribution in [0.15, 0.2) is 23.1 Å². The van der Waals surface area contributed by atoms with E-state index in [1.54, 1.807) is 13.0 Å². The van der Waals surface area contributed by atoms with Gasteiger partial charge in [-0.2, -0.15) is 0 Å². The summed E-state index contributed by atoms with van der Waals surface area (Å²) in [7, 11) is -2.22. The molecular weight excluding hydrogens is 346 g/mol. The number of methoxy groups -OCH3 is 1. The summed E-state index contributed by atoms with van der Waals surface area (Å²) < 4.78 is 37.2. The highest BCUT2D eigenvalue weighted by Gasteiger charge is 2.17. The second-order valence-electron chi connectivity index (χ2n) is 5.76. The first-order valence-electron chi connectivity index (χ1n) is 8.13. The highest BCUT2D eigenvalue weighted by atomic mass is 32.2. The Labute approximate surface area is 148 Å². The second kappa shape index (κ2) is 9.14. The normalized spacial score (nSPS) is 15.8. The predicted octanol–water partition coefficient (Wildman–Crippen LogP) is -0.270. The molecule has 2 N–H and O–H groups in total. The number of nitrogens with zero attached hydrogens (tertiary/aromatic N) is 1. The molecule has 25 heavy (non-hydrogen) atoms. The van der Waals surface area contributed by atoms with Crippen LogP contribution < -0.4 is 14.8 Å². The van der Waals surface area contributed by atoms with Gasteiger partial charge in [-0.05, 0) is 30.7 Å². The molecule has 0 atom stereocenters. The molecular formula is C16H25N3O5S. The first-order valence-corrected chi connectivity index (χ1v) is 9.62. The molecule has 140 valence electrons. The second-order valence-corrected chi connectivity index (χ2v) is 7.53. The minimum absolute atomic E-state index is 0.104. The van der Waals surface area contributed by atoms with E-state index in [2.05, 4.69) is 14.9 Å². The quantitative estimate of drug-likeness (QED) is 0.653. The van der Waals surface area contributed by atoms with Gasteiger partial charge in [-0.15, -0.1) is 0 Å². The third-order valence-electron chi connectivity index (χ3n) is 3.95. The standard InChI is InChI=1S/C16H25N3O5S/c1-13-11-14(3-4-15(13)23-2)25(21,22)18-12-16(20)17-5-6-19-7-9-24-10-8-19/h3-4,11,18H,5-10,12H2,1-2H3,(H,17,20). The third kappa shape index (κ3) is 5.96. The maximum Gasteiger partial charge on any atom is 0.241 e. The topological polar surface area (TPSA) is 97.0 Å². The first-order chi connectivity index (χ1) is 11.9. The fourth-order valence-corrected chi connectivity index (χ4v) is 3.57. The van der Waals surface area contributed by atoms with Gasteiger partial charge in [0.05, 0.1) is 31.8 Å². The summed E-state index contributed by atoms with van der Waals surface area (Å²) in [6.45, 7) is 5.76. The summed E-state index contributed by atoms with van der Waals surface area (Å²) in [4.78, 5) is 14.1. The van der Waals surface area contributed by atoms with Crippen LogP contribution in [0, 0.1) is 6.92 Å². The number of hydrogen-bond acceptors (Lipinski definition) is 6. The van der Waals surface area contributed by atoms with Crippen LogP contribution in [-0.4, -0.2) is 72.3 Å². The summed E-state index contributed by atoms with van der Waals surface area (Å²) in [6, 6.07) is 4.55. The number of rotatable bonds is 8. The first kappa shape index (κ1) is 19.6. The van der Waals surface area contributed by atoms with Crippen molar-refractivity contribution >= 4 is 15.9 Å². The van der Waals surface area contributed by atoms with Gasteiger partial charge in [-0.25, -0.2) is 13.1 Å². The number of benzene rings is 1. The summed E-state index contributed by atoms with van der Waals surface area (Å²) in [5.41, 5.74) is 0.709. The molecule has 1 heterocycles. The van der Waals surface area contributed by atoms with Crippen molar-refractivity contribution in [3.05, 3.63) is 23.8 Å². The van der Waals surface area contributed by atoms with Crippen LogP contribution in [0.1, 0.15) is 5.56 Å². The van der Waals surface area contributed by atoms with Crippen molar-refractivity contribution in [2.45, 2.75) is 11.8 Å². The lowest BCUT2D eigenvalue weighted by Crippen LogP contribution is -2.43. The minimum Gasteiger partial charge on any atom is -0.496 e. The summed E-state index contributed by atoms with van der Waals surface area (Å²) in [5, 5.41) is 2.72. The smallest absolute Gasteiger partial charge is 0.241 e. The largest absolute Gasteiger partial charge is 0.496 e. The van der Waals surface area contributed by atoms with Gasteiger partial charge in [-0.1, -0.05) is 0 Å². The van der Waals surface area contributed by atoms with Gasteiger partial charge in [0.25, 0.3) is 0 Å². The Hall–Kier alpha value is -1.68. The zero-order chi connectivity index (χ0) is 18.3. The summed E-state index contributed by atoms with van der Waals surface area (Å²) in [5.74, 6) is 0.252. The predicted molar refractivity (Wildman–Crippen MR) is 93.2 cm³/mol. The molecule has 1 saturated heterocycles. The van der Waals surface area contributed by atoms with Crippen molar-refractivity contribution < 1.29 is 22.7 Å². The van der Waals surface area contributed by atoms with E-state index in [0.717, 1.165) is 19.6 Å². The molecule has 1 aromatic carbocycles. The fraction of sp³-hybridized carbons (Fsp3) is 0.562. The Kier molecular flexibility index (Phi) is 7.18. The van der Waals surface area contributed by atoms with Crippen molar-refractivity contribution in [1.82, 2.24) is 14.9 Å². The molecule has 2 rings (SSSR count). The zero-order valence-corrected chi connectivity index (χ0v) is 15.4. The van der Waals surface area contributed by atoms with E-state index in [1.165, 1.54) is 19.2 Å². The minimum atomic E-state index is -3.74. The van der Waals surface area contributed by atoms with E-state index >= 15 is 0 Å². The van der Waals surface area contributed by atoms with Crippen LogP contribution in [0.25, 0.3) is 0 Å². The Morgan fingerprint density at radius 3 is 2.68 bits per heavy atom. The van der Waals surface area contributed by atoms with Crippen LogP contribution >= 0.6 is 0 Å². The molecule has 8 nitrogen and oxygen atoms in total. The molecule has 0 unspecified atom stereocenters. The summed E-state index contributed by atoms with van der Waals surface area (Å²) >= 11 is 0. The van der Waals surface area contributed by atoms with Crippen LogP contribution in [0.4, 0.5) is 0 Å². The number of ether oxygens (including phenoxy) is 2. The average molecular weight is 371 g/mol. The maximum atomic E-state index is 12.3. The van der Waals surface area contributed by atoms with Gasteiger partial charge < -0.3 is 14.8 Å². The molecule has 1 aliphatic rings. The van der Waals surface area contributed by atoms with Gasteiger partial charge in [0.2, 0.25) is 15.9 Å². The molecule has 0 aliphatic carbocycles. The molecule has 0 spiro atoms. The Morgan fingerprint density at radius 1 is 1.32 bits per heavy atom. The summed E-state index contributed by atoms with van der Waals surface area (Å²) in [6.07, 6.45) is 0. The maximum absolute atomic E-state index is 12.3. The van der Waals surface area contributed by atoms with Crippen molar-refractivity contribution in [3.63, 3.8) is 0 Å². The number of hydrogen-bond donors (Lipinski definition) is 2. The average Bonchev–Trinajstić information content (AvgIpc) is 2.61. The molecule has 1 aliphatic heterocycles. The fourth-order valence-electron chi connectivity index (χ4n) is 2.50. The number of sulfonamides is 1. The molecule has 0 saturated carbocycles. The van der Waals surface area contributed by atoms with Crippen LogP contribution in [0.3, 0.4) is 0 Å².